The van der Waals surface area contributed by atoms with E-state index in [1.807, 2.05) is 0 Å². The van der Waals surface area contributed by atoms with Gasteiger partial charge in [-0.3, -0.25) is 4.79 Å². The van der Waals surface area contributed by atoms with Crippen LogP contribution in [0.4, 0.5) is 0 Å². The molecule has 0 aliphatic carbocycles. The molecule has 2 heterocycles. The maximum absolute atomic E-state index is 11.8. The lowest BCUT2D eigenvalue weighted by Gasteiger charge is -2.35. The molecule has 1 aliphatic rings. The Morgan fingerprint density at radius 2 is 2.20 bits per heavy atom. The molecule has 1 fully saturated rings. The van der Waals surface area contributed by atoms with E-state index in [1.54, 1.807) is 24.9 Å². The van der Waals surface area contributed by atoms with Crippen molar-refractivity contribution in [2.75, 3.05) is 13.1 Å². The summed E-state index contributed by atoms with van der Waals surface area (Å²) in [6, 6.07) is 0. The summed E-state index contributed by atoms with van der Waals surface area (Å²) in [4.78, 5) is 21.6. The second-order valence-electron chi connectivity index (χ2n) is 3.78. The number of aliphatic hydroxyl groups is 1. The van der Waals surface area contributed by atoms with Crippen molar-refractivity contribution in [1.29, 1.82) is 0 Å². The average Bonchev–Trinajstić information content (AvgIpc) is 2.12. The zero-order chi connectivity index (χ0) is 11.0. The molecule has 0 atom stereocenters. The molecule has 80 valence electrons. The number of likely N-dealkylation sites (tertiary alicyclic amines) is 1. The molecule has 2 rings (SSSR count). The first kappa shape index (κ1) is 10.0. The molecule has 1 N–H and O–H groups in total. The van der Waals surface area contributed by atoms with E-state index < -0.39 is 0 Å². The Morgan fingerprint density at radius 3 is 2.73 bits per heavy atom. The van der Waals surface area contributed by atoms with Crippen LogP contribution in [0.5, 0.6) is 0 Å². The quantitative estimate of drug-likeness (QED) is 0.699. The second-order valence-corrected chi connectivity index (χ2v) is 3.78. The number of hydrogen-bond donors (Lipinski definition) is 1. The summed E-state index contributed by atoms with van der Waals surface area (Å²) in [7, 11) is 0. The lowest BCUT2D eigenvalue weighted by molar-refractivity contribution is 0.00577. The molecule has 5 heteroatoms. The maximum atomic E-state index is 11.8. The fraction of sp³-hybridized carbons (Fsp3) is 0.500. The number of carbonyl (C=O) groups is 1. The predicted octanol–water partition coefficient (Wildman–Crippen LogP) is -0.0899. The highest BCUT2D eigenvalue weighted by molar-refractivity contribution is 5.95. The highest BCUT2D eigenvalue weighted by atomic mass is 16.3. The van der Waals surface area contributed by atoms with Gasteiger partial charge < -0.3 is 10.0 Å². The van der Waals surface area contributed by atoms with Crippen molar-refractivity contribution in [1.82, 2.24) is 14.9 Å². The molecule has 0 aromatic carbocycles. The van der Waals surface area contributed by atoms with Gasteiger partial charge in [0.1, 0.15) is 5.82 Å². The molecule has 1 aromatic rings. The van der Waals surface area contributed by atoms with Gasteiger partial charge in [0.05, 0.1) is 17.4 Å². The third-order valence-electron chi connectivity index (χ3n) is 2.48. The van der Waals surface area contributed by atoms with Crippen LogP contribution >= 0.6 is 0 Å². The zero-order valence-electron chi connectivity index (χ0n) is 8.77. The van der Waals surface area contributed by atoms with Crippen molar-refractivity contribution in [2.45, 2.75) is 20.0 Å². The van der Waals surface area contributed by atoms with Crippen LogP contribution in [-0.4, -0.2) is 45.1 Å². The van der Waals surface area contributed by atoms with E-state index in [-0.39, 0.29) is 12.0 Å². The van der Waals surface area contributed by atoms with Crippen molar-refractivity contribution in [3.05, 3.63) is 23.3 Å². The van der Waals surface area contributed by atoms with Crippen LogP contribution in [0.1, 0.15) is 21.9 Å². The second kappa shape index (κ2) is 3.58. The largest absolute Gasteiger partial charge is 0.389 e. The van der Waals surface area contributed by atoms with E-state index in [0.717, 1.165) is 0 Å². The third kappa shape index (κ3) is 1.83. The molecule has 0 radical (unpaired) electrons. The van der Waals surface area contributed by atoms with Crippen LogP contribution in [-0.2, 0) is 0 Å². The van der Waals surface area contributed by atoms with E-state index >= 15 is 0 Å². The van der Waals surface area contributed by atoms with Crippen LogP contribution < -0.4 is 0 Å². The molecule has 0 unspecified atom stereocenters. The molecule has 0 bridgehead atoms. The van der Waals surface area contributed by atoms with Crippen molar-refractivity contribution in [2.24, 2.45) is 0 Å². The van der Waals surface area contributed by atoms with Gasteiger partial charge in [-0.05, 0) is 13.8 Å². The van der Waals surface area contributed by atoms with E-state index in [9.17, 15) is 4.79 Å². The van der Waals surface area contributed by atoms with E-state index in [4.69, 9.17) is 5.11 Å². The molecule has 1 saturated heterocycles. The Kier molecular flexibility index (Phi) is 2.40. The first-order chi connectivity index (χ1) is 7.08. The lowest BCUT2D eigenvalue weighted by atomic mass is 10.1. The standard InChI is InChI=1S/C10H13N3O2/c1-6-9(3-11-7(2)12-6)10(15)13-4-8(14)5-13/h3,8,14H,4-5H2,1-2H3. The zero-order valence-corrected chi connectivity index (χ0v) is 8.77. The Morgan fingerprint density at radius 1 is 1.53 bits per heavy atom. The first-order valence-corrected chi connectivity index (χ1v) is 4.85. The van der Waals surface area contributed by atoms with E-state index in [2.05, 4.69) is 9.97 Å². The summed E-state index contributed by atoms with van der Waals surface area (Å²) < 4.78 is 0. The normalized spacial score (nSPS) is 16.3. The van der Waals surface area contributed by atoms with Crippen molar-refractivity contribution >= 4 is 5.91 Å². The number of hydrogen-bond acceptors (Lipinski definition) is 4. The van der Waals surface area contributed by atoms with Gasteiger partial charge in [-0.15, -0.1) is 0 Å². The summed E-state index contributed by atoms with van der Waals surface area (Å²) in [5, 5.41) is 9.10. The average molecular weight is 207 g/mol. The number of β-amino-alcohol motifs (C(OH)–C–C–N with tert-alkyl or cyclic N) is 1. The lowest BCUT2D eigenvalue weighted by Crippen LogP contribution is -2.53. The molecule has 15 heavy (non-hydrogen) atoms. The molecule has 0 spiro atoms. The van der Waals surface area contributed by atoms with E-state index in [0.29, 0.717) is 30.2 Å². The molecule has 0 saturated carbocycles. The third-order valence-corrected chi connectivity index (χ3v) is 2.48. The Bertz CT molecular complexity index is 400. The molecular formula is C10H13N3O2. The molecule has 5 nitrogen and oxygen atoms in total. The molecule has 1 aliphatic heterocycles. The number of amides is 1. The Balaban J connectivity index is 2.19. The van der Waals surface area contributed by atoms with Gasteiger partial charge in [-0.1, -0.05) is 0 Å². The smallest absolute Gasteiger partial charge is 0.257 e. The summed E-state index contributed by atoms with van der Waals surface area (Å²) in [5.74, 6) is 0.561. The van der Waals surface area contributed by atoms with E-state index in [1.165, 1.54) is 0 Å². The summed E-state index contributed by atoms with van der Waals surface area (Å²) in [5.41, 5.74) is 1.21. The number of aromatic nitrogens is 2. The minimum Gasteiger partial charge on any atom is -0.389 e. The molecule has 1 amide bonds. The van der Waals surface area contributed by atoms with Gasteiger partial charge in [0, 0.05) is 19.3 Å². The molecular weight excluding hydrogens is 194 g/mol. The van der Waals surface area contributed by atoms with Gasteiger partial charge >= 0.3 is 0 Å². The number of aliphatic hydroxyl groups excluding tert-OH is 1. The Hall–Kier alpha value is -1.49. The van der Waals surface area contributed by atoms with Crippen LogP contribution in [0, 0.1) is 13.8 Å². The first-order valence-electron chi connectivity index (χ1n) is 4.85. The fourth-order valence-corrected chi connectivity index (χ4v) is 1.58. The van der Waals surface area contributed by atoms with Gasteiger partial charge in [0.15, 0.2) is 0 Å². The number of nitrogens with zero attached hydrogens (tertiary/aromatic N) is 3. The highest BCUT2D eigenvalue weighted by Crippen LogP contribution is 2.14. The summed E-state index contributed by atoms with van der Waals surface area (Å²) in [6.45, 7) is 4.39. The summed E-state index contributed by atoms with van der Waals surface area (Å²) >= 11 is 0. The Labute approximate surface area is 87.8 Å². The van der Waals surface area contributed by atoms with Crippen LogP contribution in [0.15, 0.2) is 6.20 Å². The maximum Gasteiger partial charge on any atom is 0.257 e. The van der Waals surface area contributed by atoms with Crippen molar-refractivity contribution < 1.29 is 9.90 Å². The fourth-order valence-electron chi connectivity index (χ4n) is 1.58. The predicted molar refractivity (Wildman–Crippen MR) is 53.4 cm³/mol. The van der Waals surface area contributed by atoms with Gasteiger partial charge in [0.2, 0.25) is 0 Å². The number of carbonyl (C=O) groups excluding carboxylic acids is 1. The topological polar surface area (TPSA) is 66.3 Å². The SMILES string of the molecule is Cc1ncc(C(=O)N2CC(O)C2)c(C)n1. The molecule has 1 aromatic heterocycles. The minimum atomic E-state index is -0.374. The van der Waals surface area contributed by atoms with Gasteiger partial charge in [0.25, 0.3) is 5.91 Å². The monoisotopic (exact) mass is 207 g/mol. The number of aryl methyl sites for hydroxylation is 2. The van der Waals surface area contributed by atoms with Crippen LogP contribution in [0.2, 0.25) is 0 Å². The van der Waals surface area contributed by atoms with Crippen LogP contribution in [0.3, 0.4) is 0 Å². The minimum absolute atomic E-state index is 0.0993. The van der Waals surface area contributed by atoms with Crippen molar-refractivity contribution in [3.8, 4) is 0 Å². The highest BCUT2D eigenvalue weighted by Gasteiger charge is 2.30. The number of rotatable bonds is 1. The summed E-state index contributed by atoms with van der Waals surface area (Å²) in [6.07, 6.45) is 1.17. The van der Waals surface area contributed by atoms with Gasteiger partial charge in [-0.2, -0.15) is 0 Å². The van der Waals surface area contributed by atoms with Crippen molar-refractivity contribution in [3.63, 3.8) is 0 Å². The van der Waals surface area contributed by atoms with Crippen LogP contribution in [0.25, 0.3) is 0 Å². The van der Waals surface area contributed by atoms with Gasteiger partial charge in [-0.25, -0.2) is 9.97 Å².